The highest BCUT2D eigenvalue weighted by atomic mass is 16.5. The third-order valence-electron chi connectivity index (χ3n) is 5.32. The van der Waals surface area contributed by atoms with E-state index >= 15 is 0 Å². The van der Waals surface area contributed by atoms with Gasteiger partial charge in [0.05, 0.1) is 26.0 Å². The zero-order chi connectivity index (χ0) is 20.5. The molecule has 1 saturated heterocycles. The van der Waals surface area contributed by atoms with Crippen LogP contribution in [0.15, 0.2) is 47.7 Å². The molecule has 7 heteroatoms. The summed E-state index contributed by atoms with van der Waals surface area (Å²) in [6.07, 6.45) is 3.99. The molecule has 1 aromatic heterocycles. The van der Waals surface area contributed by atoms with Crippen molar-refractivity contribution in [2.24, 2.45) is 10.9 Å². The first kappa shape index (κ1) is 21.3. The van der Waals surface area contributed by atoms with Crippen LogP contribution in [-0.2, 0) is 17.8 Å². The normalized spacial score (nSPS) is 16.8. The molecule has 7 nitrogen and oxygen atoms in total. The smallest absolute Gasteiger partial charge is 0.191 e. The van der Waals surface area contributed by atoms with Crippen molar-refractivity contribution in [1.82, 2.24) is 25.3 Å². The first-order valence-corrected chi connectivity index (χ1v) is 10.5. The first-order valence-electron chi connectivity index (χ1n) is 10.5. The molecule has 158 valence electrons. The summed E-state index contributed by atoms with van der Waals surface area (Å²) in [6, 6.07) is 10.8. The third kappa shape index (κ3) is 6.58. The van der Waals surface area contributed by atoms with Crippen molar-refractivity contribution < 1.29 is 4.74 Å². The van der Waals surface area contributed by atoms with Crippen LogP contribution in [-0.4, -0.2) is 66.6 Å². The summed E-state index contributed by atoms with van der Waals surface area (Å²) in [7, 11) is 1.81. The molecular formula is C22H34N6O. The predicted octanol–water partition coefficient (Wildman–Crippen LogP) is 1.95. The first-order chi connectivity index (χ1) is 14.2. The van der Waals surface area contributed by atoms with Crippen LogP contribution in [0.3, 0.4) is 0 Å². The van der Waals surface area contributed by atoms with Gasteiger partial charge in [-0.05, 0) is 11.5 Å². The maximum Gasteiger partial charge on any atom is 0.191 e. The van der Waals surface area contributed by atoms with Gasteiger partial charge in [-0.3, -0.25) is 14.6 Å². The molecule has 1 fully saturated rings. The van der Waals surface area contributed by atoms with E-state index in [0.717, 1.165) is 50.9 Å². The molecule has 1 unspecified atom stereocenters. The maximum absolute atomic E-state index is 5.50. The second kappa shape index (κ2) is 11.0. The van der Waals surface area contributed by atoms with Gasteiger partial charge < -0.3 is 15.4 Å². The van der Waals surface area contributed by atoms with Crippen molar-refractivity contribution >= 4 is 5.96 Å². The van der Waals surface area contributed by atoms with Crippen LogP contribution >= 0.6 is 0 Å². The average Bonchev–Trinajstić information content (AvgIpc) is 3.19. The minimum absolute atomic E-state index is 0.464. The molecule has 2 N–H and O–H groups in total. The molecule has 0 aliphatic carbocycles. The van der Waals surface area contributed by atoms with Crippen molar-refractivity contribution in [2.45, 2.75) is 33.0 Å². The van der Waals surface area contributed by atoms with Crippen molar-refractivity contribution in [1.29, 1.82) is 0 Å². The van der Waals surface area contributed by atoms with Crippen molar-refractivity contribution in [3.8, 4) is 0 Å². The lowest BCUT2D eigenvalue weighted by Gasteiger charge is -2.37. The number of benzene rings is 1. The molecule has 1 aliphatic rings. The Morgan fingerprint density at radius 1 is 1.14 bits per heavy atom. The molecule has 1 aromatic carbocycles. The largest absolute Gasteiger partial charge is 0.379 e. The van der Waals surface area contributed by atoms with E-state index in [9.17, 15) is 0 Å². The highest BCUT2D eigenvalue weighted by Crippen LogP contribution is 2.12. The predicted molar refractivity (Wildman–Crippen MR) is 117 cm³/mol. The monoisotopic (exact) mass is 398 g/mol. The van der Waals surface area contributed by atoms with Crippen LogP contribution in [0.25, 0.3) is 0 Å². The molecular weight excluding hydrogens is 364 g/mol. The number of hydrogen-bond donors (Lipinski definition) is 2. The van der Waals surface area contributed by atoms with Crippen LogP contribution in [0.5, 0.6) is 0 Å². The molecule has 2 aromatic rings. The van der Waals surface area contributed by atoms with Gasteiger partial charge in [-0.2, -0.15) is 5.10 Å². The van der Waals surface area contributed by atoms with Crippen molar-refractivity contribution in [2.75, 3.05) is 39.9 Å². The fourth-order valence-electron chi connectivity index (χ4n) is 3.66. The Bertz CT molecular complexity index is 752. The Morgan fingerprint density at radius 2 is 1.90 bits per heavy atom. The summed E-state index contributed by atoms with van der Waals surface area (Å²) in [5.74, 6) is 1.38. The molecule has 1 aliphatic heterocycles. The van der Waals surface area contributed by atoms with Crippen molar-refractivity contribution in [3.05, 3.63) is 53.9 Å². The maximum atomic E-state index is 5.50. The SMILES string of the molecule is CN=C(NCc1cnn(Cc2ccccc2)c1)NCC(C(C)C)N1CCOCC1. The number of rotatable bonds is 8. The quantitative estimate of drug-likeness (QED) is 0.526. The second-order valence-electron chi connectivity index (χ2n) is 7.80. The van der Waals surface area contributed by atoms with Crippen LogP contribution in [0.4, 0.5) is 0 Å². The van der Waals surface area contributed by atoms with Gasteiger partial charge in [-0.15, -0.1) is 0 Å². The Balaban J connectivity index is 1.47. The molecule has 0 spiro atoms. The van der Waals surface area contributed by atoms with E-state index < -0.39 is 0 Å². The van der Waals surface area contributed by atoms with Gasteiger partial charge in [0.15, 0.2) is 5.96 Å². The summed E-state index contributed by atoms with van der Waals surface area (Å²) in [5, 5.41) is 11.4. The minimum Gasteiger partial charge on any atom is -0.379 e. The topological polar surface area (TPSA) is 66.7 Å². The van der Waals surface area contributed by atoms with Gasteiger partial charge >= 0.3 is 0 Å². The molecule has 3 rings (SSSR count). The number of guanidine groups is 1. The van der Waals surface area contributed by atoms with E-state index in [-0.39, 0.29) is 0 Å². The van der Waals surface area contributed by atoms with Gasteiger partial charge in [0.1, 0.15) is 0 Å². The molecule has 0 bridgehead atoms. The molecule has 0 amide bonds. The number of nitrogens with zero attached hydrogens (tertiary/aromatic N) is 4. The lowest BCUT2D eigenvalue weighted by Crippen LogP contribution is -2.52. The number of nitrogens with one attached hydrogen (secondary N) is 2. The summed E-state index contributed by atoms with van der Waals surface area (Å²) >= 11 is 0. The lowest BCUT2D eigenvalue weighted by atomic mass is 10.0. The molecule has 2 heterocycles. The summed E-state index contributed by atoms with van der Waals surface area (Å²) in [4.78, 5) is 6.89. The Kier molecular flexibility index (Phi) is 8.07. The Hall–Kier alpha value is -2.38. The van der Waals surface area contributed by atoms with E-state index in [4.69, 9.17) is 4.74 Å². The third-order valence-corrected chi connectivity index (χ3v) is 5.32. The van der Waals surface area contributed by atoms with Crippen LogP contribution in [0, 0.1) is 5.92 Å². The average molecular weight is 399 g/mol. The number of aliphatic imine (C=N–C) groups is 1. The highest BCUT2D eigenvalue weighted by molar-refractivity contribution is 5.79. The van der Waals surface area contributed by atoms with Gasteiger partial charge in [-0.1, -0.05) is 44.2 Å². The standard InChI is InChI=1S/C22H34N6O/c1-18(2)21(27-9-11-29-12-10-27)15-25-22(23-3)24-13-20-14-26-28(17-20)16-19-7-5-4-6-8-19/h4-8,14,17-18,21H,9-13,15-16H2,1-3H3,(H2,23,24,25). The van der Waals surface area contributed by atoms with Gasteiger partial charge in [0.25, 0.3) is 0 Å². The molecule has 29 heavy (non-hydrogen) atoms. The Labute approximate surface area is 174 Å². The van der Waals surface area contributed by atoms with E-state index in [1.54, 1.807) is 0 Å². The van der Waals surface area contributed by atoms with E-state index in [2.05, 4.69) is 69.9 Å². The fraction of sp³-hybridized carbons (Fsp3) is 0.545. The minimum atomic E-state index is 0.464. The number of hydrogen-bond acceptors (Lipinski definition) is 4. The number of ether oxygens (including phenoxy) is 1. The number of aromatic nitrogens is 2. The van der Waals surface area contributed by atoms with Crippen molar-refractivity contribution in [3.63, 3.8) is 0 Å². The van der Waals surface area contributed by atoms with E-state index in [1.165, 1.54) is 5.56 Å². The fourth-order valence-corrected chi connectivity index (χ4v) is 3.66. The summed E-state index contributed by atoms with van der Waals surface area (Å²) < 4.78 is 7.47. The van der Waals surface area contributed by atoms with E-state index in [0.29, 0.717) is 18.5 Å². The van der Waals surface area contributed by atoms with Gasteiger partial charge in [-0.25, -0.2) is 0 Å². The van der Waals surface area contributed by atoms with Gasteiger partial charge in [0, 0.05) is 51.0 Å². The van der Waals surface area contributed by atoms with Crippen LogP contribution < -0.4 is 10.6 Å². The van der Waals surface area contributed by atoms with E-state index in [1.807, 2.05) is 24.0 Å². The van der Waals surface area contributed by atoms with Gasteiger partial charge in [0.2, 0.25) is 0 Å². The zero-order valence-corrected chi connectivity index (χ0v) is 17.8. The highest BCUT2D eigenvalue weighted by Gasteiger charge is 2.23. The second-order valence-corrected chi connectivity index (χ2v) is 7.80. The lowest BCUT2D eigenvalue weighted by molar-refractivity contribution is 0.00752. The zero-order valence-electron chi connectivity index (χ0n) is 17.8. The molecule has 0 saturated carbocycles. The van der Waals surface area contributed by atoms with Crippen LogP contribution in [0.2, 0.25) is 0 Å². The number of morpholine rings is 1. The van der Waals surface area contributed by atoms with Crippen LogP contribution in [0.1, 0.15) is 25.0 Å². The Morgan fingerprint density at radius 3 is 2.59 bits per heavy atom. The molecule has 0 radical (unpaired) electrons. The molecule has 1 atom stereocenters. The summed E-state index contributed by atoms with van der Waals surface area (Å²) in [6.45, 7) is 10.5. The summed E-state index contributed by atoms with van der Waals surface area (Å²) in [5.41, 5.74) is 2.38.